The number of aromatic amines is 1. The Morgan fingerprint density at radius 1 is 0.950 bits per heavy atom. The van der Waals surface area contributed by atoms with Gasteiger partial charge in [-0.25, -0.2) is 4.99 Å². The van der Waals surface area contributed by atoms with Crippen molar-refractivity contribution in [3.63, 3.8) is 0 Å². The summed E-state index contributed by atoms with van der Waals surface area (Å²) >= 11 is 6.19. The summed E-state index contributed by atoms with van der Waals surface area (Å²) in [5, 5.41) is 24.9. The smallest absolute Gasteiger partial charge is 0.303 e. The van der Waals surface area contributed by atoms with Crippen LogP contribution in [0.25, 0.3) is 10.9 Å². The molecule has 5 aromatic rings. The maximum Gasteiger partial charge on any atom is 0.303 e. The molecule has 4 N–H and O–H groups in total. The van der Waals surface area contributed by atoms with Crippen LogP contribution in [0, 0.1) is 0 Å². The Kier molecular flexibility index (Phi) is 8.29. The molecule has 0 spiro atoms. The minimum atomic E-state index is -0.832. The zero-order valence-electron chi connectivity index (χ0n) is 22.1. The molecule has 202 valence electrons. The van der Waals surface area contributed by atoms with E-state index in [0.29, 0.717) is 28.2 Å². The number of hydrogen-bond acceptors (Lipinski definition) is 4. The fourth-order valence-electron chi connectivity index (χ4n) is 4.69. The number of halogens is 1. The SMILES string of the molecule is CC(NCc1ccccc1)c1ccc(N=C(c2ccc(CCC(=O)O)cc2)c2c(O)[nH]c3cc(Cl)ccc23)cc1. The van der Waals surface area contributed by atoms with Gasteiger partial charge in [0.05, 0.1) is 22.5 Å². The van der Waals surface area contributed by atoms with Crippen molar-refractivity contribution < 1.29 is 15.0 Å². The minimum Gasteiger partial charge on any atom is -0.494 e. The number of aromatic nitrogens is 1. The first kappa shape index (κ1) is 27.2. The van der Waals surface area contributed by atoms with Crippen LogP contribution in [0.3, 0.4) is 0 Å². The highest BCUT2D eigenvalue weighted by atomic mass is 35.5. The third kappa shape index (κ3) is 6.42. The van der Waals surface area contributed by atoms with Gasteiger partial charge in [0.25, 0.3) is 0 Å². The summed E-state index contributed by atoms with van der Waals surface area (Å²) in [4.78, 5) is 19.0. The number of rotatable bonds is 10. The fourth-order valence-corrected chi connectivity index (χ4v) is 4.86. The lowest BCUT2D eigenvalue weighted by molar-refractivity contribution is -0.136. The van der Waals surface area contributed by atoms with E-state index in [1.54, 1.807) is 12.1 Å². The van der Waals surface area contributed by atoms with E-state index in [-0.39, 0.29) is 18.3 Å². The van der Waals surface area contributed by atoms with Crippen LogP contribution >= 0.6 is 11.6 Å². The summed E-state index contributed by atoms with van der Waals surface area (Å²) in [5.74, 6) is -0.831. The Morgan fingerprint density at radius 2 is 1.68 bits per heavy atom. The first-order valence-electron chi connectivity index (χ1n) is 13.1. The molecule has 7 heteroatoms. The maximum atomic E-state index is 11.0. The first-order chi connectivity index (χ1) is 19.4. The number of aryl methyl sites for hydroxylation is 1. The number of H-pyrrole nitrogens is 1. The zero-order valence-corrected chi connectivity index (χ0v) is 22.8. The molecule has 0 saturated carbocycles. The Balaban J connectivity index is 1.47. The summed E-state index contributed by atoms with van der Waals surface area (Å²) in [7, 11) is 0. The molecule has 1 heterocycles. The third-order valence-corrected chi connectivity index (χ3v) is 7.16. The van der Waals surface area contributed by atoms with Crippen molar-refractivity contribution in [3.8, 4) is 5.88 Å². The standard InChI is InChI=1S/C33H30ClN3O3/c1-21(35-20-23-5-3-2-4-6-23)24-12-15-27(16-13-24)36-32(25-10-7-22(8-11-25)9-18-30(38)39)31-28-17-14-26(34)19-29(28)37-33(31)40/h2-8,10-17,19,21,35,37,40H,9,18,20H2,1H3,(H,38,39). The number of fused-ring (bicyclic) bond motifs is 1. The number of nitrogens with one attached hydrogen (secondary N) is 2. The fraction of sp³-hybridized carbons (Fsp3) is 0.152. The second-order valence-electron chi connectivity index (χ2n) is 9.77. The van der Waals surface area contributed by atoms with E-state index >= 15 is 0 Å². The van der Waals surface area contributed by atoms with Crippen molar-refractivity contribution in [2.45, 2.75) is 32.4 Å². The summed E-state index contributed by atoms with van der Waals surface area (Å²) < 4.78 is 0. The highest BCUT2D eigenvalue weighted by Crippen LogP contribution is 2.33. The first-order valence-corrected chi connectivity index (χ1v) is 13.5. The van der Waals surface area contributed by atoms with Crippen LogP contribution in [-0.2, 0) is 17.8 Å². The van der Waals surface area contributed by atoms with E-state index in [2.05, 4.69) is 41.5 Å². The van der Waals surface area contributed by atoms with Crippen molar-refractivity contribution in [1.82, 2.24) is 10.3 Å². The number of benzene rings is 4. The average molecular weight is 552 g/mol. The van der Waals surface area contributed by atoms with Gasteiger partial charge < -0.3 is 20.5 Å². The van der Waals surface area contributed by atoms with Gasteiger partial charge in [-0.2, -0.15) is 0 Å². The summed E-state index contributed by atoms with van der Waals surface area (Å²) in [6.07, 6.45) is 0.506. The number of aromatic hydroxyl groups is 1. The molecule has 5 rings (SSSR count). The van der Waals surface area contributed by atoms with Gasteiger partial charge in [0.2, 0.25) is 0 Å². The normalized spacial score (nSPS) is 12.5. The van der Waals surface area contributed by atoms with E-state index in [9.17, 15) is 9.90 Å². The largest absolute Gasteiger partial charge is 0.494 e. The molecule has 0 fully saturated rings. The van der Waals surface area contributed by atoms with Crippen LogP contribution in [0.15, 0.2) is 102 Å². The molecule has 4 aromatic carbocycles. The second kappa shape index (κ2) is 12.2. The average Bonchev–Trinajstić information content (AvgIpc) is 3.29. The molecule has 0 amide bonds. The lowest BCUT2D eigenvalue weighted by Gasteiger charge is -2.15. The van der Waals surface area contributed by atoms with Crippen LogP contribution < -0.4 is 5.32 Å². The number of aliphatic carboxylic acids is 1. The number of carbonyl (C=O) groups is 1. The molecular weight excluding hydrogens is 522 g/mol. The number of aliphatic imine (C=N–C) groups is 1. The summed E-state index contributed by atoms with van der Waals surface area (Å²) in [6.45, 7) is 2.91. The Labute approximate surface area is 238 Å². The quantitative estimate of drug-likeness (QED) is 0.135. The van der Waals surface area contributed by atoms with Gasteiger partial charge in [-0.1, -0.05) is 84.4 Å². The number of carboxylic acids is 1. The van der Waals surface area contributed by atoms with E-state index < -0.39 is 5.97 Å². The van der Waals surface area contributed by atoms with Crippen LogP contribution in [0.4, 0.5) is 5.69 Å². The van der Waals surface area contributed by atoms with E-state index in [0.717, 1.165) is 34.3 Å². The van der Waals surface area contributed by atoms with Crippen LogP contribution in [0.5, 0.6) is 5.88 Å². The third-order valence-electron chi connectivity index (χ3n) is 6.92. The Hall–Kier alpha value is -4.39. The predicted molar refractivity (Wildman–Crippen MR) is 161 cm³/mol. The predicted octanol–water partition coefficient (Wildman–Crippen LogP) is 7.56. The lowest BCUT2D eigenvalue weighted by atomic mass is 9.98. The van der Waals surface area contributed by atoms with Gasteiger partial charge >= 0.3 is 5.97 Å². The molecule has 0 saturated heterocycles. The van der Waals surface area contributed by atoms with Gasteiger partial charge in [-0.15, -0.1) is 0 Å². The lowest BCUT2D eigenvalue weighted by Crippen LogP contribution is -2.17. The Morgan fingerprint density at radius 3 is 2.38 bits per heavy atom. The molecule has 0 bridgehead atoms. The van der Waals surface area contributed by atoms with Crippen LogP contribution in [0.1, 0.15) is 47.2 Å². The molecule has 6 nitrogen and oxygen atoms in total. The molecule has 0 aliphatic carbocycles. The Bertz CT molecular complexity index is 1640. The highest BCUT2D eigenvalue weighted by molar-refractivity contribution is 6.31. The van der Waals surface area contributed by atoms with Gasteiger partial charge in [-0.3, -0.25) is 4.79 Å². The van der Waals surface area contributed by atoms with Crippen LogP contribution in [0.2, 0.25) is 5.02 Å². The van der Waals surface area contributed by atoms with Crippen molar-refractivity contribution >= 4 is 39.9 Å². The van der Waals surface area contributed by atoms with Gasteiger partial charge in [0.1, 0.15) is 0 Å². The second-order valence-corrected chi connectivity index (χ2v) is 10.2. The maximum absolute atomic E-state index is 11.0. The molecule has 40 heavy (non-hydrogen) atoms. The summed E-state index contributed by atoms with van der Waals surface area (Å²) in [5.41, 5.74) is 6.71. The van der Waals surface area contributed by atoms with E-state index in [1.165, 1.54) is 5.56 Å². The van der Waals surface area contributed by atoms with Gasteiger partial charge in [-0.05, 0) is 54.3 Å². The minimum absolute atomic E-state index is 0.00123. The van der Waals surface area contributed by atoms with Crippen LogP contribution in [-0.4, -0.2) is 26.9 Å². The van der Waals surface area contributed by atoms with E-state index in [1.807, 2.05) is 60.7 Å². The molecular formula is C33H30ClN3O3. The number of hydrogen-bond donors (Lipinski definition) is 4. The monoisotopic (exact) mass is 551 g/mol. The highest BCUT2D eigenvalue weighted by Gasteiger charge is 2.19. The zero-order chi connectivity index (χ0) is 28.1. The molecule has 0 aliphatic rings. The topological polar surface area (TPSA) is 97.7 Å². The molecule has 1 aromatic heterocycles. The summed E-state index contributed by atoms with van der Waals surface area (Å²) in [6, 6.07) is 31.6. The van der Waals surface area contributed by atoms with Crippen molar-refractivity contribution in [1.29, 1.82) is 0 Å². The molecule has 0 radical (unpaired) electrons. The van der Waals surface area contributed by atoms with Crippen molar-refractivity contribution in [2.75, 3.05) is 0 Å². The van der Waals surface area contributed by atoms with Gasteiger partial charge in [0.15, 0.2) is 5.88 Å². The molecule has 1 unspecified atom stereocenters. The molecule has 1 atom stereocenters. The van der Waals surface area contributed by atoms with Crippen molar-refractivity contribution in [3.05, 3.63) is 130 Å². The molecule has 0 aliphatic heterocycles. The number of nitrogens with zero attached hydrogens (tertiary/aromatic N) is 1. The van der Waals surface area contributed by atoms with E-state index in [4.69, 9.17) is 21.7 Å². The number of carboxylic acid groups (broad SMARTS) is 1. The van der Waals surface area contributed by atoms with Crippen molar-refractivity contribution in [2.24, 2.45) is 4.99 Å². The van der Waals surface area contributed by atoms with Gasteiger partial charge in [0, 0.05) is 35.0 Å².